The van der Waals surface area contributed by atoms with Crippen LogP contribution in [-0.2, 0) is 6.54 Å². The second-order valence-corrected chi connectivity index (χ2v) is 5.07. The average Bonchev–Trinajstić information content (AvgIpc) is 2.80. The number of aromatic amines is 1. The number of H-pyrrole nitrogens is 1. The van der Waals surface area contributed by atoms with Crippen LogP contribution in [0.4, 0.5) is 5.69 Å². The van der Waals surface area contributed by atoms with E-state index in [1.807, 2.05) is 37.4 Å². The van der Waals surface area contributed by atoms with Crippen molar-refractivity contribution in [3.63, 3.8) is 0 Å². The smallest absolute Gasteiger partial charge is 0.142 e. The first-order chi connectivity index (χ1) is 9.16. The van der Waals surface area contributed by atoms with Crippen LogP contribution in [-0.4, -0.2) is 16.8 Å². The molecule has 1 aromatic carbocycles. The fraction of sp³-hybridized carbons (Fsp3) is 0.400. The van der Waals surface area contributed by atoms with Crippen LogP contribution >= 0.6 is 0 Å². The Morgan fingerprint density at radius 2 is 2.11 bits per heavy atom. The molecule has 0 fully saturated rings. The molecule has 0 saturated carbocycles. The molecule has 0 bridgehead atoms. The van der Waals surface area contributed by atoms with Crippen LogP contribution in [0.3, 0.4) is 0 Å². The number of anilines is 1. The minimum absolute atomic E-state index is 0.518. The van der Waals surface area contributed by atoms with Crippen molar-refractivity contribution in [1.29, 1.82) is 0 Å². The number of benzene rings is 1. The predicted molar refractivity (Wildman–Crippen MR) is 77.4 cm³/mol. The number of aromatic nitrogens is 2. The number of aryl methyl sites for hydroxylation is 1. The maximum Gasteiger partial charge on any atom is 0.142 e. The number of para-hydroxylation sites is 2. The molecule has 1 aromatic heterocycles. The Morgan fingerprint density at radius 3 is 2.79 bits per heavy atom. The van der Waals surface area contributed by atoms with Crippen LogP contribution in [0.2, 0.25) is 0 Å². The Bertz CT molecular complexity index is 520. The lowest BCUT2D eigenvalue weighted by atomic mass is 10.2. The van der Waals surface area contributed by atoms with Gasteiger partial charge in [0.2, 0.25) is 0 Å². The summed E-state index contributed by atoms with van der Waals surface area (Å²) in [5, 5.41) is 10.4. The Kier molecular flexibility index (Phi) is 4.44. The van der Waals surface area contributed by atoms with Crippen molar-refractivity contribution >= 4 is 5.69 Å². The quantitative estimate of drug-likeness (QED) is 0.836. The second-order valence-electron chi connectivity index (χ2n) is 5.07. The molecule has 19 heavy (non-hydrogen) atoms. The minimum Gasteiger partial charge on any atom is -0.491 e. The molecule has 4 nitrogen and oxygen atoms in total. The standard InChI is InChI=1S/C15H21N3O/c1-11(2)10-19-15-7-5-4-6-14(15)16-8-13-9-17-18-12(13)3/h4-7,9,11,16H,8,10H2,1-3H3,(H,17,18). The average molecular weight is 259 g/mol. The van der Waals surface area contributed by atoms with Gasteiger partial charge in [-0.15, -0.1) is 0 Å². The summed E-state index contributed by atoms with van der Waals surface area (Å²) in [6.07, 6.45) is 1.85. The summed E-state index contributed by atoms with van der Waals surface area (Å²) in [4.78, 5) is 0. The third-order valence-electron chi connectivity index (χ3n) is 2.86. The number of rotatable bonds is 6. The highest BCUT2D eigenvalue weighted by molar-refractivity contribution is 5.56. The number of hydrogen-bond donors (Lipinski definition) is 2. The normalized spacial score (nSPS) is 10.7. The van der Waals surface area contributed by atoms with Gasteiger partial charge < -0.3 is 10.1 Å². The van der Waals surface area contributed by atoms with Crippen molar-refractivity contribution in [1.82, 2.24) is 10.2 Å². The van der Waals surface area contributed by atoms with Crippen molar-refractivity contribution in [2.75, 3.05) is 11.9 Å². The van der Waals surface area contributed by atoms with E-state index in [4.69, 9.17) is 4.74 Å². The Labute approximate surface area is 114 Å². The van der Waals surface area contributed by atoms with Crippen LogP contribution in [0.1, 0.15) is 25.1 Å². The van der Waals surface area contributed by atoms with E-state index in [0.717, 1.165) is 30.3 Å². The molecule has 0 amide bonds. The molecule has 2 N–H and O–H groups in total. The molecule has 2 aromatic rings. The van der Waals surface area contributed by atoms with Gasteiger partial charge in [-0.3, -0.25) is 5.10 Å². The van der Waals surface area contributed by atoms with E-state index in [1.54, 1.807) is 0 Å². The van der Waals surface area contributed by atoms with Crippen molar-refractivity contribution in [3.05, 3.63) is 41.7 Å². The molecule has 0 aliphatic carbocycles. The molecule has 2 rings (SSSR count). The molecule has 0 aliphatic heterocycles. The number of nitrogens with one attached hydrogen (secondary N) is 2. The van der Waals surface area contributed by atoms with Gasteiger partial charge >= 0.3 is 0 Å². The summed E-state index contributed by atoms with van der Waals surface area (Å²) in [5.41, 5.74) is 3.27. The van der Waals surface area contributed by atoms with E-state index in [1.165, 1.54) is 5.56 Å². The Morgan fingerprint density at radius 1 is 1.32 bits per heavy atom. The maximum atomic E-state index is 5.81. The molecule has 0 atom stereocenters. The van der Waals surface area contributed by atoms with Crippen molar-refractivity contribution in [2.45, 2.75) is 27.3 Å². The molecular formula is C15H21N3O. The van der Waals surface area contributed by atoms with Gasteiger partial charge in [-0.25, -0.2) is 0 Å². The van der Waals surface area contributed by atoms with Gasteiger partial charge in [0.05, 0.1) is 18.5 Å². The molecule has 102 valence electrons. The second kappa shape index (κ2) is 6.27. The molecule has 0 radical (unpaired) electrons. The summed E-state index contributed by atoms with van der Waals surface area (Å²) in [7, 11) is 0. The molecule has 4 heteroatoms. The van der Waals surface area contributed by atoms with Gasteiger partial charge in [-0.1, -0.05) is 26.0 Å². The highest BCUT2D eigenvalue weighted by atomic mass is 16.5. The molecule has 0 saturated heterocycles. The molecule has 1 heterocycles. The zero-order chi connectivity index (χ0) is 13.7. The lowest BCUT2D eigenvalue weighted by Crippen LogP contribution is -2.07. The lowest BCUT2D eigenvalue weighted by molar-refractivity contribution is 0.272. The monoisotopic (exact) mass is 259 g/mol. The van der Waals surface area contributed by atoms with Crippen molar-refractivity contribution in [2.24, 2.45) is 5.92 Å². The summed E-state index contributed by atoms with van der Waals surface area (Å²) >= 11 is 0. The molecule has 0 unspecified atom stereocenters. The van der Waals surface area contributed by atoms with Gasteiger partial charge in [0.25, 0.3) is 0 Å². The van der Waals surface area contributed by atoms with E-state index >= 15 is 0 Å². The topological polar surface area (TPSA) is 49.9 Å². The summed E-state index contributed by atoms with van der Waals surface area (Å²) in [6, 6.07) is 8.02. The first-order valence-corrected chi connectivity index (χ1v) is 6.61. The van der Waals surface area contributed by atoms with Crippen LogP contribution in [0.5, 0.6) is 5.75 Å². The first kappa shape index (κ1) is 13.5. The Hall–Kier alpha value is -1.97. The van der Waals surface area contributed by atoms with Gasteiger partial charge in [0, 0.05) is 17.8 Å². The van der Waals surface area contributed by atoms with E-state index in [9.17, 15) is 0 Å². The molecular weight excluding hydrogens is 238 g/mol. The minimum atomic E-state index is 0.518. The Balaban J connectivity index is 2.01. The maximum absolute atomic E-state index is 5.81. The van der Waals surface area contributed by atoms with Crippen molar-refractivity contribution in [3.8, 4) is 5.75 Å². The van der Waals surface area contributed by atoms with E-state index in [2.05, 4.69) is 29.4 Å². The van der Waals surface area contributed by atoms with Crippen LogP contribution in [0.15, 0.2) is 30.5 Å². The third kappa shape index (κ3) is 3.74. The zero-order valence-corrected chi connectivity index (χ0v) is 11.7. The number of ether oxygens (including phenoxy) is 1. The fourth-order valence-corrected chi connectivity index (χ4v) is 1.74. The SMILES string of the molecule is Cc1[nH]ncc1CNc1ccccc1OCC(C)C. The van der Waals surface area contributed by atoms with Gasteiger partial charge in [-0.05, 0) is 25.0 Å². The van der Waals surface area contributed by atoms with Crippen LogP contribution in [0, 0.1) is 12.8 Å². The van der Waals surface area contributed by atoms with E-state index in [-0.39, 0.29) is 0 Å². The van der Waals surface area contributed by atoms with Gasteiger partial charge in [-0.2, -0.15) is 5.10 Å². The predicted octanol–water partition coefficient (Wildman–Crippen LogP) is 3.37. The van der Waals surface area contributed by atoms with Crippen LogP contribution in [0.25, 0.3) is 0 Å². The highest BCUT2D eigenvalue weighted by Crippen LogP contribution is 2.25. The van der Waals surface area contributed by atoms with Crippen LogP contribution < -0.4 is 10.1 Å². The van der Waals surface area contributed by atoms with E-state index in [0.29, 0.717) is 5.92 Å². The first-order valence-electron chi connectivity index (χ1n) is 6.61. The summed E-state index contributed by atoms with van der Waals surface area (Å²) in [5.74, 6) is 1.42. The molecule has 0 aliphatic rings. The van der Waals surface area contributed by atoms with E-state index < -0.39 is 0 Å². The molecule has 0 spiro atoms. The van der Waals surface area contributed by atoms with Gasteiger partial charge in [0.15, 0.2) is 0 Å². The lowest BCUT2D eigenvalue weighted by Gasteiger charge is -2.14. The summed E-state index contributed by atoms with van der Waals surface area (Å²) in [6.45, 7) is 7.77. The fourth-order valence-electron chi connectivity index (χ4n) is 1.74. The third-order valence-corrected chi connectivity index (χ3v) is 2.86. The number of hydrogen-bond acceptors (Lipinski definition) is 3. The zero-order valence-electron chi connectivity index (χ0n) is 11.7. The van der Waals surface area contributed by atoms with Gasteiger partial charge in [0.1, 0.15) is 5.75 Å². The largest absolute Gasteiger partial charge is 0.491 e. The summed E-state index contributed by atoms with van der Waals surface area (Å²) < 4.78 is 5.81. The van der Waals surface area contributed by atoms with Crippen molar-refractivity contribution < 1.29 is 4.74 Å². The number of nitrogens with zero attached hydrogens (tertiary/aromatic N) is 1. The highest BCUT2D eigenvalue weighted by Gasteiger charge is 2.05.